The van der Waals surface area contributed by atoms with Gasteiger partial charge in [0.2, 0.25) is 5.91 Å². The number of aryl methyl sites for hydroxylation is 1. The number of hydrogen-bond donors (Lipinski definition) is 1. The number of nitrogens with zero attached hydrogens (tertiary/aromatic N) is 4. The second kappa shape index (κ2) is 8.67. The van der Waals surface area contributed by atoms with Crippen LogP contribution in [0.25, 0.3) is 0 Å². The number of amides is 1. The molecule has 29 heavy (non-hydrogen) atoms. The Morgan fingerprint density at radius 1 is 1.14 bits per heavy atom. The summed E-state index contributed by atoms with van der Waals surface area (Å²) in [6, 6.07) is 10.7. The smallest absolute Gasteiger partial charge is 0.236 e. The SMILES string of the molecule is Cc1nccn1CC1(O)CCN(C(=O)CN2CCC(c3ccccc3)CC2)CC1. The standard InChI is InChI=1S/C23H32N4O2/c1-19-24-11-16-27(19)18-23(29)9-14-26(15-10-23)22(28)17-25-12-7-21(8-13-25)20-5-3-2-4-6-20/h2-6,11,16,21,29H,7-10,12-15,17-18H2,1H3. The molecule has 0 unspecified atom stereocenters. The number of likely N-dealkylation sites (tertiary alicyclic amines) is 2. The van der Waals surface area contributed by atoms with Gasteiger partial charge in [-0.25, -0.2) is 4.98 Å². The first kappa shape index (κ1) is 20.1. The van der Waals surface area contributed by atoms with Crippen molar-refractivity contribution in [1.82, 2.24) is 19.4 Å². The van der Waals surface area contributed by atoms with Crippen LogP contribution in [0.4, 0.5) is 0 Å². The number of carbonyl (C=O) groups excluding carboxylic acids is 1. The van der Waals surface area contributed by atoms with Gasteiger partial charge < -0.3 is 14.6 Å². The highest BCUT2D eigenvalue weighted by molar-refractivity contribution is 5.78. The van der Waals surface area contributed by atoms with Crippen LogP contribution in [-0.2, 0) is 11.3 Å². The quantitative estimate of drug-likeness (QED) is 0.843. The number of piperidine rings is 2. The highest BCUT2D eigenvalue weighted by Crippen LogP contribution is 2.28. The number of rotatable bonds is 5. The summed E-state index contributed by atoms with van der Waals surface area (Å²) in [7, 11) is 0. The molecule has 0 bridgehead atoms. The molecule has 1 N–H and O–H groups in total. The van der Waals surface area contributed by atoms with Crippen molar-refractivity contribution in [3.8, 4) is 0 Å². The van der Waals surface area contributed by atoms with E-state index in [-0.39, 0.29) is 5.91 Å². The van der Waals surface area contributed by atoms with Gasteiger partial charge in [0, 0.05) is 25.5 Å². The molecule has 1 amide bonds. The van der Waals surface area contributed by atoms with Gasteiger partial charge in [-0.15, -0.1) is 0 Å². The summed E-state index contributed by atoms with van der Waals surface area (Å²) in [5, 5.41) is 10.9. The summed E-state index contributed by atoms with van der Waals surface area (Å²) in [6.45, 7) is 6.20. The lowest BCUT2D eigenvalue weighted by Crippen LogP contribution is -2.51. The predicted octanol–water partition coefficient (Wildman–Crippen LogP) is 2.42. The summed E-state index contributed by atoms with van der Waals surface area (Å²) in [5.74, 6) is 1.72. The molecule has 0 saturated carbocycles. The average molecular weight is 397 g/mol. The van der Waals surface area contributed by atoms with Gasteiger partial charge in [0.1, 0.15) is 5.82 Å². The molecule has 2 aromatic rings. The Bertz CT molecular complexity index is 803. The summed E-state index contributed by atoms with van der Waals surface area (Å²) < 4.78 is 1.99. The maximum Gasteiger partial charge on any atom is 0.236 e. The molecule has 2 saturated heterocycles. The predicted molar refractivity (Wildman–Crippen MR) is 113 cm³/mol. The fraction of sp³-hybridized carbons (Fsp3) is 0.565. The van der Waals surface area contributed by atoms with Crippen LogP contribution in [0, 0.1) is 6.92 Å². The zero-order valence-electron chi connectivity index (χ0n) is 17.3. The highest BCUT2D eigenvalue weighted by Gasteiger charge is 2.35. The Hall–Kier alpha value is -2.18. The molecule has 4 rings (SSSR count). The van der Waals surface area contributed by atoms with E-state index in [1.165, 1.54) is 5.56 Å². The summed E-state index contributed by atoms with van der Waals surface area (Å²) in [5.41, 5.74) is 0.665. The normalized spacial score (nSPS) is 20.7. The molecule has 0 atom stereocenters. The first-order chi connectivity index (χ1) is 14.0. The van der Waals surface area contributed by atoms with Gasteiger partial charge in [-0.2, -0.15) is 0 Å². The maximum absolute atomic E-state index is 12.8. The first-order valence-corrected chi connectivity index (χ1v) is 10.8. The van der Waals surface area contributed by atoms with E-state index in [9.17, 15) is 9.90 Å². The number of hydrogen-bond acceptors (Lipinski definition) is 4. The van der Waals surface area contributed by atoms with Gasteiger partial charge in [-0.3, -0.25) is 9.69 Å². The van der Waals surface area contributed by atoms with Gasteiger partial charge in [0.05, 0.1) is 18.7 Å². The summed E-state index contributed by atoms with van der Waals surface area (Å²) >= 11 is 0. The monoisotopic (exact) mass is 396 g/mol. The third-order valence-corrected chi connectivity index (χ3v) is 6.65. The lowest BCUT2D eigenvalue weighted by atomic mass is 9.89. The number of aromatic nitrogens is 2. The average Bonchev–Trinajstić information content (AvgIpc) is 3.13. The molecule has 2 fully saturated rings. The summed E-state index contributed by atoms with van der Waals surface area (Å²) in [6.07, 6.45) is 7.13. The molecule has 0 radical (unpaired) electrons. The largest absolute Gasteiger partial charge is 0.388 e. The van der Waals surface area contributed by atoms with E-state index in [2.05, 4.69) is 40.2 Å². The van der Waals surface area contributed by atoms with E-state index in [1.54, 1.807) is 6.20 Å². The Morgan fingerprint density at radius 3 is 2.45 bits per heavy atom. The third kappa shape index (κ3) is 4.87. The lowest BCUT2D eigenvalue weighted by Gasteiger charge is -2.39. The van der Waals surface area contributed by atoms with Crippen molar-refractivity contribution in [1.29, 1.82) is 0 Å². The zero-order chi connectivity index (χ0) is 20.3. The molecule has 156 valence electrons. The minimum atomic E-state index is -0.754. The van der Waals surface area contributed by atoms with Crippen molar-refractivity contribution in [2.75, 3.05) is 32.7 Å². The Balaban J connectivity index is 1.23. The van der Waals surface area contributed by atoms with E-state index in [1.807, 2.05) is 22.6 Å². The van der Waals surface area contributed by atoms with Crippen LogP contribution in [0.3, 0.4) is 0 Å². The maximum atomic E-state index is 12.8. The minimum absolute atomic E-state index is 0.198. The molecular weight excluding hydrogens is 364 g/mol. The fourth-order valence-corrected chi connectivity index (χ4v) is 4.66. The van der Waals surface area contributed by atoms with E-state index in [4.69, 9.17) is 0 Å². The number of benzene rings is 1. The molecule has 3 heterocycles. The Labute approximate surface area is 173 Å². The van der Waals surface area contributed by atoms with Crippen LogP contribution in [0.5, 0.6) is 0 Å². The number of aliphatic hydroxyl groups is 1. The third-order valence-electron chi connectivity index (χ3n) is 6.65. The van der Waals surface area contributed by atoms with Crippen LogP contribution in [-0.4, -0.2) is 68.7 Å². The van der Waals surface area contributed by atoms with Crippen molar-refractivity contribution in [3.63, 3.8) is 0 Å². The van der Waals surface area contributed by atoms with Crippen LogP contribution >= 0.6 is 0 Å². The van der Waals surface area contributed by atoms with Crippen LogP contribution in [0.1, 0.15) is 43.0 Å². The molecule has 1 aromatic heterocycles. The zero-order valence-corrected chi connectivity index (χ0v) is 17.3. The highest BCUT2D eigenvalue weighted by atomic mass is 16.3. The summed E-state index contributed by atoms with van der Waals surface area (Å²) in [4.78, 5) is 21.2. The first-order valence-electron chi connectivity index (χ1n) is 10.8. The molecular formula is C23H32N4O2. The molecule has 6 nitrogen and oxygen atoms in total. The van der Waals surface area contributed by atoms with Crippen LogP contribution < -0.4 is 0 Å². The molecule has 0 spiro atoms. The molecule has 2 aliphatic heterocycles. The molecule has 1 aromatic carbocycles. The van der Waals surface area contributed by atoms with Crippen molar-refractivity contribution in [2.24, 2.45) is 0 Å². The van der Waals surface area contributed by atoms with E-state index < -0.39 is 5.60 Å². The topological polar surface area (TPSA) is 61.6 Å². The van der Waals surface area contributed by atoms with Crippen molar-refractivity contribution < 1.29 is 9.90 Å². The second-order valence-corrected chi connectivity index (χ2v) is 8.67. The van der Waals surface area contributed by atoms with Crippen molar-refractivity contribution in [2.45, 2.75) is 50.7 Å². The minimum Gasteiger partial charge on any atom is -0.388 e. The second-order valence-electron chi connectivity index (χ2n) is 8.67. The Kier molecular flexibility index (Phi) is 6.01. The van der Waals surface area contributed by atoms with Gasteiger partial charge in [-0.05, 0) is 57.2 Å². The van der Waals surface area contributed by atoms with Gasteiger partial charge >= 0.3 is 0 Å². The van der Waals surface area contributed by atoms with Gasteiger partial charge in [0.25, 0.3) is 0 Å². The molecule has 6 heteroatoms. The van der Waals surface area contributed by atoms with E-state index in [0.717, 1.165) is 31.8 Å². The number of imidazole rings is 1. The molecule has 0 aliphatic carbocycles. The van der Waals surface area contributed by atoms with Crippen molar-refractivity contribution in [3.05, 3.63) is 54.1 Å². The van der Waals surface area contributed by atoms with Gasteiger partial charge in [-0.1, -0.05) is 30.3 Å². The lowest BCUT2D eigenvalue weighted by molar-refractivity contribution is -0.137. The van der Waals surface area contributed by atoms with E-state index in [0.29, 0.717) is 44.9 Å². The molecule has 2 aliphatic rings. The van der Waals surface area contributed by atoms with E-state index >= 15 is 0 Å². The van der Waals surface area contributed by atoms with Crippen LogP contribution in [0.2, 0.25) is 0 Å². The fourth-order valence-electron chi connectivity index (χ4n) is 4.66. The number of carbonyl (C=O) groups is 1. The van der Waals surface area contributed by atoms with Crippen LogP contribution in [0.15, 0.2) is 42.7 Å². The van der Waals surface area contributed by atoms with Crippen molar-refractivity contribution >= 4 is 5.91 Å². The Morgan fingerprint density at radius 2 is 1.83 bits per heavy atom. The van der Waals surface area contributed by atoms with Gasteiger partial charge in [0.15, 0.2) is 0 Å².